The van der Waals surface area contributed by atoms with Crippen LogP contribution in [0.2, 0.25) is 0 Å². The second kappa shape index (κ2) is 5.88. The number of halogens is 2. The van der Waals surface area contributed by atoms with Gasteiger partial charge in [0.2, 0.25) is 0 Å². The van der Waals surface area contributed by atoms with Gasteiger partial charge in [0.25, 0.3) is 0 Å². The van der Waals surface area contributed by atoms with E-state index in [1.165, 1.54) is 0 Å². The highest BCUT2D eigenvalue weighted by atomic mass is 79.9. The summed E-state index contributed by atoms with van der Waals surface area (Å²) in [6.45, 7) is 0. The van der Waals surface area contributed by atoms with Gasteiger partial charge in [-0.1, -0.05) is 0 Å². The van der Waals surface area contributed by atoms with Crippen molar-refractivity contribution in [3.8, 4) is 0 Å². The SMILES string of the molecule is Brc1ccc(N=CNc2ccc(Br)cn2)nc1. The lowest BCUT2D eigenvalue weighted by molar-refractivity contribution is 1.26. The van der Waals surface area contributed by atoms with Gasteiger partial charge >= 0.3 is 0 Å². The van der Waals surface area contributed by atoms with E-state index in [1.54, 1.807) is 18.7 Å². The Labute approximate surface area is 115 Å². The van der Waals surface area contributed by atoms with Crippen molar-refractivity contribution in [2.75, 3.05) is 5.32 Å². The average molecular weight is 356 g/mol. The summed E-state index contributed by atoms with van der Waals surface area (Å²) in [5, 5.41) is 2.96. The summed E-state index contributed by atoms with van der Waals surface area (Å²) in [5.41, 5.74) is 0. The van der Waals surface area contributed by atoms with E-state index in [9.17, 15) is 0 Å². The lowest BCUT2D eigenvalue weighted by atomic mass is 10.5. The number of hydrogen-bond donors (Lipinski definition) is 1. The summed E-state index contributed by atoms with van der Waals surface area (Å²) >= 11 is 6.63. The van der Waals surface area contributed by atoms with E-state index >= 15 is 0 Å². The van der Waals surface area contributed by atoms with Crippen molar-refractivity contribution in [1.29, 1.82) is 0 Å². The number of rotatable bonds is 3. The maximum absolute atomic E-state index is 4.15. The molecule has 0 aromatic carbocycles. The van der Waals surface area contributed by atoms with Gasteiger partial charge in [-0.3, -0.25) is 0 Å². The number of aromatic nitrogens is 2. The number of nitrogens with one attached hydrogen (secondary N) is 1. The molecule has 86 valence electrons. The Hall–Kier alpha value is -1.27. The van der Waals surface area contributed by atoms with Crippen LogP contribution in [0.1, 0.15) is 0 Å². The molecule has 2 aromatic rings. The van der Waals surface area contributed by atoms with E-state index in [-0.39, 0.29) is 0 Å². The highest BCUT2D eigenvalue weighted by Gasteiger charge is 1.91. The summed E-state index contributed by atoms with van der Waals surface area (Å²) in [6, 6.07) is 7.46. The van der Waals surface area contributed by atoms with E-state index in [0.29, 0.717) is 5.82 Å². The molecule has 0 spiro atoms. The molecule has 6 heteroatoms. The fraction of sp³-hybridized carbons (Fsp3) is 0. The molecule has 0 unspecified atom stereocenters. The molecule has 4 nitrogen and oxygen atoms in total. The first-order chi connectivity index (χ1) is 8.24. The Kier molecular flexibility index (Phi) is 4.22. The van der Waals surface area contributed by atoms with E-state index in [1.807, 2.05) is 24.3 Å². The molecular formula is C11H8Br2N4. The average Bonchev–Trinajstić information content (AvgIpc) is 2.34. The summed E-state index contributed by atoms with van der Waals surface area (Å²) in [6.07, 6.45) is 4.98. The zero-order valence-corrected chi connectivity index (χ0v) is 11.8. The Bertz CT molecular complexity index is 508. The molecule has 17 heavy (non-hydrogen) atoms. The molecule has 0 atom stereocenters. The molecule has 0 amide bonds. The largest absolute Gasteiger partial charge is 0.331 e. The molecule has 0 bridgehead atoms. The zero-order valence-electron chi connectivity index (χ0n) is 8.64. The van der Waals surface area contributed by atoms with E-state index in [2.05, 4.69) is 52.1 Å². The van der Waals surface area contributed by atoms with Crippen LogP contribution in [0, 0.1) is 0 Å². The van der Waals surface area contributed by atoms with Gasteiger partial charge in [0.15, 0.2) is 5.82 Å². The number of nitrogens with zero attached hydrogens (tertiary/aromatic N) is 3. The molecule has 0 radical (unpaired) electrons. The first-order valence-corrected chi connectivity index (χ1v) is 6.35. The monoisotopic (exact) mass is 354 g/mol. The van der Waals surface area contributed by atoms with Crippen molar-refractivity contribution < 1.29 is 0 Å². The third-order valence-corrected chi connectivity index (χ3v) is 2.79. The van der Waals surface area contributed by atoms with Crippen LogP contribution in [0.3, 0.4) is 0 Å². The minimum absolute atomic E-state index is 0.637. The number of pyridine rings is 2. The molecule has 0 saturated carbocycles. The molecule has 0 aliphatic carbocycles. The third kappa shape index (κ3) is 3.90. The van der Waals surface area contributed by atoms with Crippen LogP contribution in [0.5, 0.6) is 0 Å². The van der Waals surface area contributed by atoms with Crippen LogP contribution in [-0.2, 0) is 0 Å². The standard InChI is InChI=1S/C11H8Br2N4/c12-8-1-3-10(14-5-8)16-7-17-11-4-2-9(13)6-15-11/h1-7H,(H,14,15,16,17). The summed E-state index contributed by atoms with van der Waals surface area (Å²) in [7, 11) is 0. The lowest BCUT2D eigenvalue weighted by Gasteiger charge is -1.98. The van der Waals surface area contributed by atoms with Crippen LogP contribution >= 0.6 is 31.9 Å². The van der Waals surface area contributed by atoms with Gasteiger partial charge in [-0.15, -0.1) is 0 Å². The Morgan fingerprint density at radius 3 is 2.29 bits per heavy atom. The van der Waals surface area contributed by atoms with Crippen LogP contribution in [0.4, 0.5) is 11.6 Å². The second-order valence-electron chi connectivity index (χ2n) is 3.10. The zero-order chi connectivity index (χ0) is 12.1. The predicted molar refractivity (Wildman–Crippen MR) is 75.6 cm³/mol. The highest BCUT2D eigenvalue weighted by Crippen LogP contribution is 2.13. The van der Waals surface area contributed by atoms with Crippen molar-refractivity contribution in [2.24, 2.45) is 4.99 Å². The van der Waals surface area contributed by atoms with Crippen molar-refractivity contribution in [1.82, 2.24) is 9.97 Å². The second-order valence-corrected chi connectivity index (χ2v) is 4.93. The van der Waals surface area contributed by atoms with Crippen LogP contribution < -0.4 is 5.32 Å². The van der Waals surface area contributed by atoms with Gasteiger partial charge in [-0.2, -0.15) is 0 Å². The smallest absolute Gasteiger partial charge is 0.153 e. The van der Waals surface area contributed by atoms with Crippen molar-refractivity contribution >= 4 is 49.8 Å². The maximum atomic E-state index is 4.15. The molecule has 0 aliphatic heterocycles. The molecule has 0 fully saturated rings. The molecule has 0 aliphatic rings. The van der Waals surface area contributed by atoms with Crippen molar-refractivity contribution in [3.63, 3.8) is 0 Å². The van der Waals surface area contributed by atoms with Crippen LogP contribution in [0.15, 0.2) is 50.6 Å². The van der Waals surface area contributed by atoms with Crippen LogP contribution in [-0.4, -0.2) is 16.3 Å². The highest BCUT2D eigenvalue weighted by molar-refractivity contribution is 9.10. The number of anilines is 1. The van der Waals surface area contributed by atoms with Crippen molar-refractivity contribution in [3.05, 3.63) is 45.6 Å². The maximum Gasteiger partial charge on any atom is 0.153 e. The van der Waals surface area contributed by atoms with E-state index in [0.717, 1.165) is 14.8 Å². The molecule has 0 saturated heterocycles. The summed E-state index contributed by atoms with van der Waals surface area (Å²) in [4.78, 5) is 12.4. The quantitative estimate of drug-likeness (QED) is 0.673. The van der Waals surface area contributed by atoms with Gasteiger partial charge in [-0.05, 0) is 56.1 Å². The molecular weight excluding hydrogens is 348 g/mol. The fourth-order valence-electron chi connectivity index (χ4n) is 1.07. The van der Waals surface area contributed by atoms with E-state index in [4.69, 9.17) is 0 Å². The molecule has 1 N–H and O–H groups in total. The normalized spacial score (nSPS) is 10.7. The molecule has 2 rings (SSSR count). The van der Waals surface area contributed by atoms with Gasteiger partial charge in [0.05, 0.1) is 6.34 Å². The van der Waals surface area contributed by atoms with Crippen molar-refractivity contribution in [2.45, 2.75) is 0 Å². The third-order valence-electron chi connectivity index (χ3n) is 1.85. The first-order valence-electron chi connectivity index (χ1n) is 4.76. The predicted octanol–water partition coefficient (Wildman–Crippen LogP) is 3.77. The lowest BCUT2D eigenvalue weighted by Crippen LogP contribution is -1.96. The molecule has 2 aromatic heterocycles. The summed E-state index contributed by atoms with van der Waals surface area (Å²) in [5.74, 6) is 1.37. The van der Waals surface area contributed by atoms with E-state index < -0.39 is 0 Å². The number of hydrogen-bond acceptors (Lipinski definition) is 3. The Morgan fingerprint density at radius 1 is 1.00 bits per heavy atom. The van der Waals surface area contributed by atoms with Gasteiger partial charge in [-0.25, -0.2) is 15.0 Å². The minimum Gasteiger partial charge on any atom is -0.331 e. The van der Waals surface area contributed by atoms with Gasteiger partial charge < -0.3 is 5.32 Å². The van der Waals surface area contributed by atoms with Crippen LogP contribution in [0.25, 0.3) is 0 Å². The molecule has 2 heterocycles. The Balaban J connectivity index is 1.97. The Morgan fingerprint density at radius 2 is 1.71 bits per heavy atom. The summed E-state index contributed by atoms with van der Waals surface area (Å²) < 4.78 is 1.87. The van der Waals surface area contributed by atoms with Gasteiger partial charge in [0.1, 0.15) is 5.82 Å². The number of aliphatic imine (C=N–C) groups is 1. The fourth-order valence-corrected chi connectivity index (χ4v) is 1.54. The van der Waals surface area contributed by atoms with Gasteiger partial charge in [0, 0.05) is 21.3 Å². The topological polar surface area (TPSA) is 50.2 Å². The minimum atomic E-state index is 0.637. The first kappa shape index (κ1) is 12.2.